The molecular weight excluding hydrogens is 258 g/mol. The zero-order chi connectivity index (χ0) is 16.0. The monoisotopic (exact) mass is 283 g/mol. The lowest BCUT2D eigenvalue weighted by Crippen LogP contribution is -2.43. The van der Waals surface area contributed by atoms with E-state index in [2.05, 4.69) is 5.73 Å². The van der Waals surface area contributed by atoms with Gasteiger partial charge in [-0.05, 0) is 60.6 Å². The van der Waals surface area contributed by atoms with Gasteiger partial charge in [-0.1, -0.05) is 0 Å². The van der Waals surface area contributed by atoms with Crippen LogP contribution in [-0.4, -0.2) is 34.8 Å². The van der Waals surface area contributed by atoms with Gasteiger partial charge in [0.05, 0.1) is 6.54 Å². The summed E-state index contributed by atoms with van der Waals surface area (Å²) in [5.41, 5.74) is 1.45. The van der Waals surface area contributed by atoms with Crippen LogP contribution in [0.25, 0.3) is 0 Å². The van der Waals surface area contributed by atoms with E-state index in [0.29, 0.717) is 0 Å². The molecule has 5 heteroatoms. The van der Waals surface area contributed by atoms with Gasteiger partial charge in [-0.2, -0.15) is 0 Å². The molecule has 0 aromatic heterocycles. The summed E-state index contributed by atoms with van der Waals surface area (Å²) in [6, 6.07) is 0. The van der Waals surface area contributed by atoms with Crippen LogP contribution in [0.4, 0.5) is 9.59 Å². The van der Waals surface area contributed by atoms with Crippen molar-refractivity contribution in [3.63, 3.8) is 0 Å². The van der Waals surface area contributed by atoms with Crippen LogP contribution in [0.15, 0.2) is 17.9 Å². The maximum atomic E-state index is 12.0. The van der Waals surface area contributed by atoms with Crippen LogP contribution in [-0.2, 0) is 9.47 Å². The number of hydrogen-bond donors (Lipinski definition) is 0. The molecule has 0 radical (unpaired) electrons. The maximum absolute atomic E-state index is 12.0. The molecule has 0 unspecified atom stereocenters. The minimum atomic E-state index is -0.735. The van der Waals surface area contributed by atoms with Crippen LogP contribution in [0, 0.1) is 0 Å². The standard InChI is InChI=1S/C15H25NO4/c1-8-9-10-11-16(12(17)19-14(2,3)4)13(18)20-15(5,6)7/h8,10H,11H2,1-7H3. The molecule has 0 N–H and O–H groups in total. The van der Waals surface area contributed by atoms with Crippen molar-refractivity contribution >= 4 is 12.2 Å². The SMILES string of the molecule is CC=C=CCN(C(=O)OC(C)(C)C)C(=O)OC(C)(C)C. The molecule has 20 heavy (non-hydrogen) atoms. The van der Waals surface area contributed by atoms with Gasteiger partial charge in [-0.3, -0.25) is 0 Å². The van der Waals surface area contributed by atoms with Crippen molar-refractivity contribution in [1.82, 2.24) is 4.90 Å². The van der Waals surface area contributed by atoms with Crippen molar-refractivity contribution < 1.29 is 19.1 Å². The Bertz CT molecular complexity index is 379. The number of nitrogens with zero attached hydrogens (tertiary/aromatic N) is 1. The first-order valence-electron chi connectivity index (χ1n) is 6.55. The highest BCUT2D eigenvalue weighted by Crippen LogP contribution is 2.14. The van der Waals surface area contributed by atoms with E-state index >= 15 is 0 Å². The zero-order valence-corrected chi connectivity index (χ0v) is 13.4. The third-order valence-electron chi connectivity index (χ3n) is 1.79. The van der Waals surface area contributed by atoms with E-state index in [4.69, 9.17) is 9.47 Å². The molecule has 5 nitrogen and oxygen atoms in total. The van der Waals surface area contributed by atoms with Gasteiger partial charge in [-0.25, -0.2) is 14.5 Å². The van der Waals surface area contributed by atoms with Gasteiger partial charge < -0.3 is 9.47 Å². The Hall–Kier alpha value is -1.74. The summed E-state index contributed by atoms with van der Waals surface area (Å²) in [7, 11) is 0. The van der Waals surface area contributed by atoms with Crippen molar-refractivity contribution in [1.29, 1.82) is 0 Å². The molecule has 0 aromatic carbocycles. The Kier molecular flexibility index (Phi) is 6.53. The summed E-state index contributed by atoms with van der Waals surface area (Å²) in [6.07, 6.45) is 1.78. The Morgan fingerprint density at radius 1 is 1.00 bits per heavy atom. The van der Waals surface area contributed by atoms with Crippen molar-refractivity contribution in [3.8, 4) is 0 Å². The normalized spacial score (nSPS) is 11.2. The molecule has 0 saturated heterocycles. The molecule has 0 rings (SSSR count). The smallest absolute Gasteiger partial charge is 0.420 e. The quantitative estimate of drug-likeness (QED) is 0.721. The van der Waals surface area contributed by atoms with Gasteiger partial charge in [-0.15, -0.1) is 5.73 Å². The molecule has 0 aliphatic heterocycles. The molecule has 0 saturated carbocycles. The number of imide groups is 1. The summed E-state index contributed by atoms with van der Waals surface area (Å²) in [5.74, 6) is 0. The number of ether oxygens (including phenoxy) is 2. The fraction of sp³-hybridized carbons (Fsp3) is 0.667. The second-order valence-corrected chi connectivity index (χ2v) is 6.23. The third-order valence-corrected chi connectivity index (χ3v) is 1.79. The summed E-state index contributed by atoms with van der Waals surface area (Å²) in [5, 5.41) is 0. The van der Waals surface area contributed by atoms with Gasteiger partial charge in [0, 0.05) is 0 Å². The number of amides is 2. The number of carbonyl (C=O) groups excluding carboxylic acids is 2. The minimum absolute atomic E-state index is 0.0498. The molecular formula is C15H25NO4. The van der Waals surface area contributed by atoms with Crippen LogP contribution in [0.3, 0.4) is 0 Å². The first-order valence-corrected chi connectivity index (χ1v) is 6.55. The number of hydrogen-bond acceptors (Lipinski definition) is 4. The van der Waals surface area contributed by atoms with E-state index < -0.39 is 23.4 Å². The van der Waals surface area contributed by atoms with E-state index in [1.165, 1.54) is 0 Å². The molecule has 0 aliphatic rings. The van der Waals surface area contributed by atoms with Crippen molar-refractivity contribution in [2.75, 3.05) is 6.54 Å². The molecule has 0 fully saturated rings. The molecule has 0 aliphatic carbocycles. The van der Waals surface area contributed by atoms with Gasteiger partial charge in [0.25, 0.3) is 0 Å². The summed E-state index contributed by atoms with van der Waals surface area (Å²) in [4.78, 5) is 25.0. The fourth-order valence-corrected chi connectivity index (χ4v) is 1.12. The highest BCUT2D eigenvalue weighted by Gasteiger charge is 2.30. The lowest BCUT2D eigenvalue weighted by Gasteiger charge is -2.27. The van der Waals surface area contributed by atoms with Crippen LogP contribution in [0.5, 0.6) is 0 Å². The molecule has 0 heterocycles. The van der Waals surface area contributed by atoms with Crippen LogP contribution >= 0.6 is 0 Å². The van der Waals surface area contributed by atoms with E-state index in [1.54, 1.807) is 60.6 Å². The fourth-order valence-electron chi connectivity index (χ4n) is 1.12. The highest BCUT2D eigenvalue weighted by molar-refractivity contribution is 5.88. The van der Waals surface area contributed by atoms with Crippen LogP contribution in [0.1, 0.15) is 48.5 Å². The summed E-state index contributed by atoms with van der Waals surface area (Å²) in [6.45, 7) is 12.3. The lowest BCUT2D eigenvalue weighted by atomic mass is 10.2. The molecule has 114 valence electrons. The summed E-state index contributed by atoms with van der Waals surface area (Å²) < 4.78 is 10.4. The highest BCUT2D eigenvalue weighted by atomic mass is 16.6. The molecule has 0 spiro atoms. The predicted octanol–water partition coefficient (Wildman–Crippen LogP) is 3.89. The number of carbonyl (C=O) groups is 2. The Balaban J connectivity index is 5.02. The largest absolute Gasteiger partial charge is 0.443 e. The summed E-state index contributed by atoms with van der Waals surface area (Å²) >= 11 is 0. The van der Waals surface area contributed by atoms with Crippen LogP contribution < -0.4 is 0 Å². The van der Waals surface area contributed by atoms with Gasteiger partial charge in [0.2, 0.25) is 0 Å². The number of rotatable bonds is 2. The van der Waals surface area contributed by atoms with E-state index in [9.17, 15) is 9.59 Å². The first-order chi connectivity index (χ1) is 8.96. The Morgan fingerprint density at radius 2 is 1.40 bits per heavy atom. The predicted molar refractivity (Wildman–Crippen MR) is 77.5 cm³/mol. The van der Waals surface area contributed by atoms with Crippen molar-refractivity contribution in [2.45, 2.75) is 59.7 Å². The first kappa shape index (κ1) is 18.3. The Morgan fingerprint density at radius 3 is 1.70 bits per heavy atom. The lowest BCUT2D eigenvalue weighted by molar-refractivity contribution is 0.00375. The third kappa shape index (κ3) is 8.38. The zero-order valence-electron chi connectivity index (χ0n) is 13.4. The van der Waals surface area contributed by atoms with Gasteiger partial charge >= 0.3 is 12.2 Å². The molecule has 0 atom stereocenters. The van der Waals surface area contributed by atoms with Crippen LogP contribution in [0.2, 0.25) is 0 Å². The molecule has 0 aromatic rings. The van der Waals surface area contributed by atoms with Crippen molar-refractivity contribution in [2.24, 2.45) is 0 Å². The average Bonchev–Trinajstić information content (AvgIpc) is 2.18. The maximum Gasteiger partial charge on any atom is 0.420 e. The van der Waals surface area contributed by atoms with Gasteiger partial charge in [0.1, 0.15) is 11.2 Å². The Labute approximate surface area is 121 Å². The van der Waals surface area contributed by atoms with E-state index in [0.717, 1.165) is 4.90 Å². The van der Waals surface area contributed by atoms with Gasteiger partial charge in [0.15, 0.2) is 0 Å². The molecule has 0 bridgehead atoms. The topological polar surface area (TPSA) is 55.8 Å². The molecule has 2 amide bonds. The van der Waals surface area contributed by atoms with E-state index in [1.807, 2.05) is 0 Å². The minimum Gasteiger partial charge on any atom is -0.443 e. The van der Waals surface area contributed by atoms with Crippen molar-refractivity contribution in [3.05, 3.63) is 17.9 Å². The second kappa shape index (κ2) is 7.15. The van der Waals surface area contributed by atoms with E-state index in [-0.39, 0.29) is 6.54 Å². The second-order valence-electron chi connectivity index (χ2n) is 6.23. The average molecular weight is 283 g/mol.